The first kappa shape index (κ1) is 18.6. The summed E-state index contributed by atoms with van der Waals surface area (Å²) in [7, 11) is 0. The Morgan fingerprint density at radius 1 is 1.00 bits per heavy atom. The van der Waals surface area contributed by atoms with Gasteiger partial charge in [0.1, 0.15) is 11.6 Å². The molecule has 3 aromatic carbocycles. The van der Waals surface area contributed by atoms with Crippen LogP contribution in [0.2, 0.25) is 0 Å². The lowest BCUT2D eigenvalue weighted by Gasteiger charge is -2.14. The smallest absolute Gasteiger partial charge is 0.266 e. The van der Waals surface area contributed by atoms with Gasteiger partial charge in [-0.1, -0.05) is 30.3 Å². The molecule has 4 rings (SSSR count). The lowest BCUT2D eigenvalue weighted by atomic mass is 10.1. The molecule has 0 amide bonds. The van der Waals surface area contributed by atoms with Crippen LogP contribution >= 0.6 is 22.6 Å². The van der Waals surface area contributed by atoms with Gasteiger partial charge in [0.25, 0.3) is 5.56 Å². The SMILES string of the molecule is Cc1cc(I)ccc1-n1c(/C=C\c2ccc(F)cc2)nc2ccccc2c1=O. The lowest BCUT2D eigenvalue weighted by molar-refractivity contribution is 0.628. The van der Waals surface area contributed by atoms with Crippen LogP contribution in [0.1, 0.15) is 17.0 Å². The molecule has 138 valence electrons. The van der Waals surface area contributed by atoms with Crippen LogP contribution < -0.4 is 5.56 Å². The number of hydrogen-bond acceptors (Lipinski definition) is 2. The zero-order chi connectivity index (χ0) is 19.7. The number of para-hydroxylation sites is 1. The fourth-order valence-electron chi connectivity index (χ4n) is 3.11. The summed E-state index contributed by atoms with van der Waals surface area (Å²) in [5, 5.41) is 0.569. The van der Waals surface area contributed by atoms with Crippen molar-refractivity contribution in [3.63, 3.8) is 0 Å². The average molecular weight is 482 g/mol. The Morgan fingerprint density at radius 2 is 1.75 bits per heavy atom. The molecule has 0 unspecified atom stereocenters. The topological polar surface area (TPSA) is 34.9 Å². The van der Waals surface area contributed by atoms with Gasteiger partial charge in [-0.15, -0.1) is 0 Å². The average Bonchev–Trinajstić information content (AvgIpc) is 2.69. The summed E-state index contributed by atoms with van der Waals surface area (Å²) >= 11 is 2.25. The Morgan fingerprint density at radius 3 is 2.50 bits per heavy atom. The van der Waals surface area contributed by atoms with E-state index in [0.717, 1.165) is 20.4 Å². The van der Waals surface area contributed by atoms with Crippen molar-refractivity contribution in [2.75, 3.05) is 0 Å². The van der Waals surface area contributed by atoms with Crippen LogP contribution in [0.5, 0.6) is 0 Å². The molecule has 0 aliphatic carbocycles. The molecule has 0 spiro atoms. The minimum atomic E-state index is -0.285. The highest BCUT2D eigenvalue weighted by Crippen LogP contribution is 2.20. The Labute approximate surface area is 175 Å². The molecule has 3 nitrogen and oxygen atoms in total. The van der Waals surface area contributed by atoms with E-state index < -0.39 is 0 Å². The molecular formula is C23H16FIN2O. The largest absolute Gasteiger partial charge is 0.268 e. The van der Waals surface area contributed by atoms with Crippen molar-refractivity contribution < 1.29 is 4.39 Å². The van der Waals surface area contributed by atoms with Gasteiger partial charge in [0.15, 0.2) is 0 Å². The van der Waals surface area contributed by atoms with E-state index in [2.05, 4.69) is 22.6 Å². The van der Waals surface area contributed by atoms with E-state index in [0.29, 0.717) is 16.7 Å². The van der Waals surface area contributed by atoms with E-state index in [1.54, 1.807) is 28.8 Å². The Kier molecular flexibility index (Phi) is 5.09. The molecule has 0 atom stereocenters. The highest BCUT2D eigenvalue weighted by Gasteiger charge is 2.12. The predicted octanol–water partition coefficient (Wildman–Crippen LogP) is 5.61. The van der Waals surface area contributed by atoms with E-state index in [4.69, 9.17) is 4.98 Å². The molecule has 0 saturated carbocycles. The molecule has 0 aliphatic heterocycles. The quantitative estimate of drug-likeness (QED) is 0.356. The molecule has 1 heterocycles. The number of aryl methyl sites for hydroxylation is 1. The summed E-state index contributed by atoms with van der Waals surface area (Å²) < 4.78 is 15.9. The molecule has 0 radical (unpaired) electrons. The molecule has 4 aromatic rings. The van der Waals surface area contributed by atoms with Crippen LogP contribution in [0.15, 0.2) is 71.5 Å². The van der Waals surface area contributed by atoms with E-state index in [-0.39, 0.29) is 11.4 Å². The summed E-state index contributed by atoms with van der Waals surface area (Å²) in [5.74, 6) is 0.240. The highest BCUT2D eigenvalue weighted by atomic mass is 127. The summed E-state index contributed by atoms with van der Waals surface area (Å²) in [6.45, 7) is 1.98. The molecule has 5 heteroatoms. The first-order valence-corrected chi connectivity index (χ1v) is 9.83. The summed E-state index contributed by atoms with van der Waals surface area (Å²) in [6, 6.07) is 19.4. The Bertz CT molecular complexity index is 1260. The van der Waals surface area contributed by atoms with Crippen LogP contribution in [0.3, 0.4) is 0 Å². The number of benzene rings is 3. The van der Waals surface area contributed by atoms with Gasteiger partial charge in [-0.05, 0) is 89.2 Å². The maximum atomic E-state index is 13.3. The second-order valence-corrected chi connectivity index (χ2v) is 7.69. The lowest BCUT2D eigenvalue weighted by Crippen LogP contribution is -2.23. The standard InChI is InChI=1S/C23H16FIN2O/c1-15-14-18(25)11-12-21(15)27-22(13-8-16-6-9-17(24)10-7-16)26-20-5-3-2-4-19(20)23(27)28/h2-14H,1H3/b13-8-. The summed E-state index contributed by atoms with van der Waals surface area (Å²) in [5.41, 5.74) is 3.14. The molecule has 0 aliphatic rings. The third kappa shape index (κ3) is 3.62. The van der Waals surface area contributed by atoms with Gasteiger partial charge in [-0.25, -0.2) is 9.37 Å². The van der Waals surface area contributed by atoms with E-state index in [1.165, 1.54) is 12.1 Å². The van der Waals surface area contributed by atoms with Gasteiger partial charge in [0, 0.05) is 3.57 Å². The minimum Gasteiger partial charge on any atom is -0.268 e. The van der Waals surface area contributed by atoms with Gasteiger partial charge in [0.05, 0.1) is 16.6 Å². The summed E-state index contributed by atoms with van der Waals surface area (Å²) in [6.07, 6.45) is 3.62. The normalized spacial score (nSPS) is 11.4. The zero-order valence-electron chi connectivity index (χ0n) is 15.1. The van der Waals surface area contributed by atoms with Crippen molar-refractivity contribution in [2.24, 2.45) is 0 Å². The number of hydrogen-bond donors (Lipinski definition) is 0. The maximum Gasteiger partial charge on any atom is 0.266 e. The van der Waals surface area contributed by atoms with Crippen LogP contribution in [0.4, 0.5) is 4.39 Å². The molecule has 28 heavy (non-hydrogen) atoms. The van der Waals surface area contributed by atoms with Crippen molar-refractivity contribution in [2.45, 2.75) is 6.92 Å². The Balaban J connectivity index is 1.95. The van der Waals surface area contributed by atoms with Crippen molar-refractivity contribution in [1.82, 2.24) is 9.55 Å². The van der Waals surface area contributed by atoms with Crippen molar-refractivity contribution >= 4 is 45.6 Å². The zero-order valence-corrected chi connectivity index (χ0v) is 17.2. The fourth-order valence-corrected chi connectivity index (χ4v) is 3.76. The van der Waals surface area contributed by atoms with Crippen LogP contribution in [-0.4, -0.2) is 9.55 Å². The summed E-state index contributed by atoms with van der Waals surface area (Å²) in [4.78, 5) is 18.0. The van der Waals surface area contributed by atoms with Gasteiger partial charge < -0.3 is 0 Å². The Hall–Kier alpha value is -2.80. The van der Waals surface area contributed by atoms with E-state index >= 15 is 0 Å². The molecule has 0 bridgehead atoms. The number of halogens is 2. The highest BCUT2D eigenvalue weighted by molar-refractivity contribution is 14.1. The van der Waals surface area contributed by atoms with Gasteiger partial charge >= 0.3 is 0 Å². The number of fused-ring (bicyclic) bond motifs is 1. The van der Waals surface area contributed by atoms with Gasteiger partial charge in [0.2, 0.25) is 0 Å². The van der Waals surface area contributed by atoms with E-state index in [1.807, 2.05) is 49.4 Å². The van der Waals surface area contributed by atoms with Gasteiger partial charge in [-0.2, -0.15) is 0 Å². The van der Waals surface area contributed by atoms with E-state index in [9.17, 15) is 9.18 Å². The monoisotopic (exact) mass is 482 g/mol. The predicted molar refractivity (Wildman–Crippen MR) is 120 cm³/mol. The second-order valence-electron chi connectivity index (χ2n) is 6.44. The van der Waals surface area contributed by atoms with Crippen molar-refractivity contribution in [3.8, 4) is 5.69 Å². The number of nitrogens with zero attached hydrogens (tertiary/aromatic N) is 2. The minimum absolute atomic E-state index is 0.117. The molecule has 0 fully saturated rings. The third-order valence-corrected chi connectivity index (χ3v) is 5.17. The first-order chi connectivity index (χ1) is 13.5. The first-order valence-electron chi connectivity index (χ1n) is 8.75. The van der Waals surface area contributed by atoms with Crippen LogP contribution in [0, 0.1) is 16.3 Å². The van der Waals surface area contributed by atoms with Gasteiger partial charge in [-0.3, -0.25) is 9.36 Å². The molecule has 1 aromatic heterocycles. The molecule has 0 saturated heterocycles. The second kappa shape index (κ2) is 7.67. The number of aromatic nitrogens is 2. The van der Waals surface area contributed by atoms with Crippen LogP contribution in [-0.2, 0) is 0 Å². The van der Waals surface area contributed by atoms with Crippen molar-refractivity contribution in [3.05, 3.63) is 103 Å². The number of rotatable bonds is 3. The molecular weight excluding hydrogens is 466 g/mol. The van der Waals surface area contributed by atoms with Crippen LogP contribution in [0.25, 0.3) is 28.7 Å². The maximum absolute atomic E-state index is 13.3. The molecule has 0 N–H and O–H groups in total. The third-order valence-electron chi connectivity index (χ3n) is 4.50. The fraction of sp³-hybridized carbons (Fsp3) is 0.0435. The van der Waals surface area contributed by atoms with Crippen molar-refractivity contribution in [1.29, 1.82) is 0 Å².